The van der Waals surface area contributed by atoms with Gasteiger partial charge in [0.25, 0.3) is 0 Å². The fourth-order valence-corrected chi connectivity index (χ4v) is 2.10. The predicted octanol–water partition coefficient (Wildman–Crippen LogP) is 0.450. The highest BCUT2D eigenvalue weighted by Crippen LogP contribution is 2.17. The van der Waals surface area contributed by atoms with Gasteiger partial charge in [0.15, 0.2) is 0 Å². The van der Waals surface area contributed by atoms with Crippen molar-refractivity contribution in [3.8, 4) is 0 Å². The van der Waals surface area contributed by atoms with Crippen LogP contribution < -0.4 is 5.32 Å². The molecule has 5 heteroatoms. The fraction of sp³-hybridized carbons (Fsp3) is 0.818. The van der Waals surface area contributed by atoms with Gasteiger partial charge < -0.3 is 15.3 Å². The molecule has 1 amide bonds. The van der Waals surface area contributed by atoms with E-state index in [1.807, 2.05) is 7.05 Å². The van der Waals surface area contributed by atoms with E-state index in [1.54, 1.807) is 6.92 Å². The Morgan fingerprint density at radius 3 is 2.75 bits per heavy atom. The van der Waals surface area contributed by atoms with Crippen LogP contribution in [-0.2, 0) is 9.59 Å². The molecule has 0 aromatic carbocycles. The third-order valence-electron chi connectivity index (χ3n) is 2.98. The quantitative estimate of drug-likeness (QED) is 0.717. The zero-order valence-corrected chi connectivity index (χ0v) is 9.90. The van der Waals surface area contributed by atoms with Crippen molar-refractivity contribution in [1.29, 1.82) is 0 Å². The van der Waals surface area contributed by atoms with Crippen molar-refractivity contribution in [2.24, 2.45) is 0 Å². The lowest BCUT2D eigenvalue weighted by atomic mass is 10.1. The number of hydrogen-bond acceptors (Lipinski definition) is 3. The van der Waals surface area contributed by atoms with Gasteiger partial charge in [0.05, 0.1) is 6.42 Å². The number of rotatable bonds is 5. The van der Waals surface area contributed by atoms with E-state index in [-0.39, 0.29) is 18.4 Å². The molecule has 5 nitrogen and oxygen atoms in total. The number of nitrogens with zero attached hydrogens (tertiary/aromatic N) is 1. The highest BCUT2D eigenvalue weighted by molar-refractivity contribution is 5.77. The Morgan fingerprint density at radius 2 is 2.25 bits per heavy atom. The first-order valence-electron chi connectivity index (χ1n) is 5.70. The van der Waals surface area contributed by atoms with Crippen LogP contribution in [0.1, 0.15) is 32.6 Å². The van der Waals surface area contributed by atoms with Gasteiger partial charge in [-0.3, -0.25) is 9.59 Å². The summed E-state index contributed by atoms with van der Waals surface area (Å²) in [5.41, 5.74) is 0. The molecule has 2 N–H and O–H groups in total. The Hall–Kier alpha value is -1.10. The molecule has 16 heavy (non-hydrogen) atoms. The third-order valence-corrected chi connectivity index (χ3v) is 2.98. The molecule has 1 aliphatic heterocycles. The summed E-state index contributed by atoms with van der Waals surface area (Å²) >= 11 is 0. The van der Waals surface area contributed by atoms with Gasteiger partial charge in [0.1, 0.15) is 0 Å². The zero-order valence-electron chi connectivity index (χ0n) is 9.90. The SMILES string of the molecule is CC(CC(=O)O)NC(=O)CC1CCCN1C. The van der Waals surface area contributed by atoms with Crippen molar-refractivity contribution in [2.75, 3.05) is 13.6 Å². The smallest absolute Gasteiger partial charge is 0.305 e. The molecule has 0 radical (unpaired) electrons. The van der Waals surface area contributed by atoms with E-state index in [0.717, 1.165) is 19.4 Å². The van der Waals surface area contributed by atoms with Crippen LogP contribution in [0.25, 0.3) is 0 Å². The van der Waals surface area contributed by atoms with Gasteiger partial charge in [0, 0.05) is 18.5 Å². The van der Waals surface area contributed by atoms with Crippen LogP contribution in [0, 0.1) is 0 Å². The lowest BCUT2D eigenvalue weighted by Gasteiger charge is -2.20. The maximum Gasteiger partial charge on any atom is 0.305 e. The van der Waals surface area contributed by atoms with E-state index >= 15 is 0 Å². The van der Waals surface area contributed by atoms with E-state index in [2.05, 4.69) is 10.2 Å². The van der Waals surface area contributed by atoms with Gasteiger partial charge in [-0.25, -0.2) is 0 Å². The van der Waals surface area contributed by atoms with Crippen molar-refractivity contribution < 1.29 is 14.7 Å². The summed E-state index contributed by atoms with van der Waals surface area (Å²) in [6.45, 7) is 2.76. The van der Waals surface area contributed by atoms with Gasteiger partial charge in [-0.2, -0.15) is 0 Å². The van der Waals surface area contributed by atoms with Crippen LogP contribution in [-0.4, -0.2) is 47.6 Å². The number of carbonyl (C=O) groups is 2. The molecule has 1 rings (SSSR count). The predicted molar refractivity (Wildman–Crippen MR) is 60.1 cm³/mol. The fourth-order valence-electron chi connectivity index (χ4n) is 2.10. The molecule has 0 bridgehead atoms. The molecule has 0 aromatic rings. The Balaban J connectivity index is 2.27. The van der Waals surface area contributed by atoms with Gasteiger partial charge >= 0.3 is 5.97 Å². The van der Waals surface area contributed by atoms with Gasteiger partial charge in [-0.1, -0.05) is 0 Å². The normalized spacial score (nSPS) is 23.0. The lowest BCUT2D eigenvalue weighted by Crippen LogP contribution is -2.38. The zero-order chi connectivity index (χ0) is 12.1. The second-order valence-electron chi connectivity index (χ2n) is 4.55. The lowest BCUT2D eigenvalue weighted by molar-refractivity contribution is -0.137. The van der Waals surface area contributed by atoms with E-state index in [1.165, 1.54) is 0 Å². The monoisotopic (exact) mass is 228 g/mol. The van der Waals surface area contributed by atoms with Crippen LogP contribution in [0.15, 0.2) is 0 Å². The second-order valence-corrected chi connectivity index (χ2v) is 4.55. The second kappa shape index (κ2) is 5.84. The van der Waals surface area contributed by atoms with E-state index < -0.39 is 5.97 Å². The topological polar surface area (TPSA) is 69.6 Å². The van der Waals surface area contributed by atoms with Crippen LogP contribution in [0.3, 0.4) is 0 Å². The van der Waals surface area contributed by atoms with E-state index in [9.17, 15) is 9.59 Å². The molecule has 0 aliphatic carbocycles. The largest absolute Gasteiger partial charge is 0.481 e. The first-order valence-corrected chi connectivity index (χ1v) is 5.70. The summed E-state index contributed by atoms with van der Waals surface area (Å²) in [5, 5.41) is 11.3. The molecular weight excluding hydrogens is 208 g/mol. The van der Waals surface area contributed by atoms with Crippen molar-refractivity contribution >= 4 is 11.9 Å². The first kappa shape index (κ1) is 13.0. The Bertz CT molecular complexity index is 268. The summed E-state index contributed by atoms with van der Waals surface area (Å²) in [6.07, 6.45) is 2.64. The Labute approximate surface area is 95.8 Å². The minimum atomic E-state index is -0.884. The third kappa shape index (κ3) is 4.18. The number of carboxylic acids is 1. The van der Waals surface area contributed by atoms with Gasteiger partial charge in [-0.15, -0.1) is 0 Å². The molecule has 0 spiro atoms. The highest BCUT2D eigenvalue weighted by Gasteiger charge is 2.23. The highest BCUT2D eigenvalue weighted by atomic mass is 16.4. The Morgan fingerprint density at radius 1 is 1.56 bits per heavy atom. The molecular formula is C11H20N2O3. The molecule has 2 atom stereocenters. The molecule has 1 aliphatic rings. The standard InChI is InChI=1S/C11H20N2O3/c1-8(6-11(15)16)12-10(14)7-9-4-3-5-13(9)2/h8-9H,3-7H2,1-2H3,(H,12,14)(H,15,16). The number of aliphatic carboxylic acids is 1. The molecule has 0 saturated carbocycles. The van der Waals surface area contributed by atoms with Crippen molar-refractivity contribution in [2.45, 2.75) is 44.7 Å². The van der Waals surface area contributed by atoms with Crippen LogP contribution in [0.4, 0.5) is 0 Å². The average molecular weight is 228 g/mol. The van der Waals surface area contributed by atoms with Crippen LogP contribution in [0.2, 0.25) is 0 Å². The number of hydrogen-bond donors (Lipinski definition) is 2. The maximum absolute atomic E-state index is 11.6. The average Bonchev–Trinajstić information content (AvgIpc) is 2.49. The molecule has 92 valence electrons. The van der Waals surface area contributed by atoms with E-state index in [4.69, 9.17) is 5.11 Å². The summed E-state index contributed by atoms with van der Waals surface area (Å²) in [6, 6.07) is 0.0220. The molecule has 1 fully saturated rings. The number of carbonyl (C=O) groups excluding carboxylic acids is 1. The molecule has 1 saturated heterocycles. The molecule has 1 heterocycles. The summed E-state index contributed by atoms with van der Waals surface area (Å²) in [4.78, 5) is 24.2. The van der Waals surface area contributed by atoms with Crippen LogP contribution >= 0.6 is 0 Å². The van der Waals surface area contributed by atoms with Gasteiger partial charge in [0.2, 0.25) is 5.91 Å². The number of likely N-dealkylation sites (tertiary alicyclic amines) is 1. The van der Waals surface area contributed by atoms with Crippen LogP contribution in [0.5, 0.6) is 0 Å². The molecule has 0 aromatic heterocycles. The minimum Gasteiger partial charge on any atom is -0.481 e. The van der Waals surface area contributed by atoms with E-state index in [0.29, 0.717) is 12.5 Å². The maximum atomic E-state index is 11.6. The van der Waals surface area contributed by atoms with Crippen molar-refractivity contribution in [3.63, 3.8) is 0 Å². The number of carboxylic acid groups (broad SMARTS) is 1. The molecule has 2 unspecified atom stereocenters. The summed E-state index contributed by atoms with van der Waals surface area (Å²) in [5.74, 6) is -0.932. The Kier molecular flexibility index (Phi) is 4.73. The first-order chi connectivity index (χ1) is 7.49. The number of amides is 1. The summed E-state index contributed by atoms with van der Waals surface area (Å²) in [7, 11) is 2.02. The minimum absolute atomic E-state index is 0.0216. The summed E-state index contributed by atoms with van der Waals surface area (Å²) < 4.78 is 0. The van der Waals surface area contributed by atoms with Gasteiger partial charge in [-0.05, 0) is 33.4 Å². The van der Waals surface area contributed by atoms with Crippen molar-refractivity contribution in [1.82, 2.24) is 10.2 Å². The van der Waals surface area contributed by atoms with Crippen molar-refractivity contribution in [3.05, 3.63) is 0 Å². The number of nitrogens with one attached hydrogen (secondary N) is 1.